The van der Waals surface area contributed by atoms with Crippen molar-refractivity contribution in [3.05, 3.63) is 65.2 Å². The fourth-order valence-electron chi connectivity index (χ4n) is 1.77. The molecular formula is C15H12F2N2O2. The molecule has 0 atom stereocenters. The van der Waals surface area contributed by atoms with E-state index in [1.165, 1.54) is 13.1 Å². The third kappa shape index (κ3) is 3.62. The second kappa shape index (κ2) is 6.13. The fourth-order valence-corrected chi connectivity index (χ4v) is 1.77. The van der Waals surface area contributed by atoms with Gasteiger partial charge in [-0.1, -0.05) is 6.07 Å². The van der Waals surface area contributed by atoms with Crippen LogP contribution in [0.25, 0.3) is 0 Å². The molecule has 0 radical (unpaired) electrons. The summed E-state index contributed by atoms with van der Waals surface area (Å²) in [6, 6.07) is 8.75. The van der Waals surface area contributed by atoms with E-state index < -0.39 is 17.5 Å². The highest BCUT2D eigenvalue weighted by Gasteiger charge is 2.11. The summed E-state index contributed by atoms with van der Waals surface area (Å²) in [5, 5.41) is 4.94. The van der Waals surface area contributed by atoms with E-state index >= 15 is 0 Å². The maximum atomic E-state index is 13.1. The molecule has 108 valence electrons. The molecule has 0 saturated carbocycles. The Bertz CT molecular complexity index is 682. The van der Waals surface area contributed by atoms with Crippen molar-refractivity contribution in [3.63, 3.8) is 0 Å². The smallest absolute Gasteiger partial charge is 0.255 e. The van der Waals surface area contributed by atoms with Crippen molar-refractivity contribution in [2.75, 3.05) is 12.4 Å². The minimum atomic E-state index is -0.834. The number of carbonyl (C=O) groups excluding carboxylic acids is 2. The molecule has 0 aromatic heterocycles. The van der Waals surface area contributed by atoms with Crippen LogP contribution < -0.4 is 10.6 Å². The van der Waals surface area contributed by atoms with E-state index in [-0.39, 0.29) is 11.5 Å². The van der Waals surface area contributed by atoms with Crippen molar-refractivity contribution >= 4 is 17.5 Å². The molecule has 21 heavy (non-hydrogen) atoms. The molecule has 0 spiro atoms. The van der Waals surface area contributed by atoms with E-state index in [1.54, 1.807) is 18.2 Å². The fraction of sp³-hybridized carbons (Fsp3) is 0.0667. The minimum absolute atomic E-state index is 0.141. The molecule has 2 amide bonds. The highest BCUT2D eigenvalue weighted by atomic mass is 19.1. The zero-order valence-corrected chi connectivity index (χ0v) is 11.1. The number of amides is 2. The minimum Gasteiger partial charge on any atom is -0.355 e. The van der Waals surface area contributed by atoms with Gasteiger partial charge >= 0.3 is 0 Å². The molecule has 0 aliphatic carbocycles. The van der Waals surface area contributed by atoms with E-state index in [9.17, 15) is 18.4 Å². The Balaban J connectivity index is 2.21. The highest BCUT2D eigenvalue weighted by Crippen LogP contribution is 2.14. The number of benzene rings is 2. The summed E-state index contributed by atoms with van der Waals surface area (Å²) in [5.74, 6) is -2.64. The standard InChI is InChI=1S/C15H12F2N2O2/c1-18-14(20)9-3-2-4-13(7-9)19-15(21)10-5-11(16)8-12(17)6-10/h2-8H,1H3,(H,18,20)(H,19,21). The second-order valence-electron chi connectivity index (χ2n) is 4.27. The monoisotopic (exact) mass is 290 g/mol. The molecule has 4 nitrogen and oxygen atoms in total. The summed E-state index contributed by atoms with van der Waals surface area (Å²) in [4.78, 5) is 23.4. The van der Waals surface area contributed by atoms with Gasteiger partial charge in [0.15, 0.2) is 0 Å². The Morgan fingerprint density at radius 2 is 1.57 bits per heavy atom. The van der Waals surface area contributed by atoms with Crippen LogP contribution in [0.1, 0.15) is 20.7 Å². The molecule has 6 heteroatoms. The lowest BCUT2D eigenvalue weighted by Gasteiger charge is -2.07. The maximum Gasteiger partial charge on any atom is 0.255 e. The van der Waals surface area contributed by atoms with Crippen LogP contribution in [0.15, 0.2) is 42.5 Å². The maximum absolute atomic E-state index is 13.1. The van der Waals surface area contributed by atoms with Crippen LogP contribution >= 0.6 is 0 Å². The molecular weight excluding hydrogens is 278 g/mol. The van der Waals surface area contributed by atoms with Gasteiger partial charge in [0.25, 0.3) is 11.8 Å². The van der Waals surface area contributed by atoms with Crippen LogP contribution in [0.4, 0.5) is 14.5 Å². The molecule has 2 rings (SSSR count). The van der Waals surface area contributed by atoms with Gasteiger partial charge in [-0.15, -0.1) is 0 Å². The predicted molar refractivity (Wildman–Crippen MR) is 74.1 cm³/mol. The molecule has 2 aromatic rings. The van der Waals surface area contributed by atoms with E-state index in [2.05, 4.69) is 10.6 Å². The normalized spacial score (nSPS) is 10.0. The number of hydrogen-bond donors (Lipinski definition) is 2. The number of hydrogen-bond acceptors (Lipinski definition) is 2. The Morgan fingerprint density at radius 1 is 0.905 bits per heavy atom. The highest BCUT2D eigenvalue weighted by molar-refractivity contribution is 6.05. The number of anilines is 1. The SMILES string of the molecule is CNC(=O)c1cccc(NC(=O)c2cc(F)cc(F)c2)c1. The first-order valence-corrected chi connectivity index (χ1v) is 6.09. The van der Waals surface area contributed by atoms with Gasteiger partial charge in [0.1, 0.15) is 11.6 Å². The first kappa shape index (κ1) is 14.6. The van der Waals surface area contributed by atoms with Crippen LogP contribution in [0.3, 0.4) is 0 Å². The van der Waals surface area contributed by atoms with Crippen LogP contribution in [-0.2, 0) is 0 Å². The number of nitrogens with one attached hydrogen (secondary N) is 2. The zero-order valence-electron chi connectivity index (χ0n) is 11.1. The Hall–Kier alpha value is -2.76. The summed E-state index contributed by atoms with van der Waals surface area (Å²) in [7, 11) is 1.49. The molecule has 0 saturated heterocycles. The van der Waals surface area contributed by atoms with Gasteiger partial charge < -0.3 is 10.6 Å². The van der Waals surface area contributed by atoms with Gasteiger partial charge in [0.05, 0.1) is 0 Å². The summed E-state index contributed by atoms with van der Waals surface area (Å²) >= 11 is 0. The van der Waals surface area contributed by atoms with Crippen molar-refractivity contribution in [2.45, 2.75) is 0 Å². The van der Waals surface area contributed by atoms with E-state index in [0.717, 1.165) is 12.1 Å². The van der Waals surface area contributed by atoms with Gasteiger partial charge in [0, 0.05) is 29.9 Å². The molecule has 2 aromatic carbocycles. The third-order valence-electron chi connectivity index (χ3n) is 2.73. The molecule has 0 heterocycles. The predicted octanol–water partition coefficient (Wildman–Crippen LogP) is 2.58. The van der Waals surface area contributed by atoms with Gasteiger partial charge in [-0.25, -0.2) is 8.78 Å². The van der Waals surface area contributed by atoms with Crippen LogP contribution in [-0.4, -0.2) is 18.9 Å². The average Bonchev–Trinajstić information content (AvgIpc) is 2.45. The van der Waals surface area contributed by atoms with Crippen molar-refractivity contribution < 1.29 is 18.4 Å². The van der Waals surface area contributed by atoms with Gasteiger partial charge in [-0.2, -0.15) is 0 Å². The lowest BCUT2D eigenvalue weighted by atomic mass is 10.1. The van der Waals surface area contributed by atoms with Crippen LogP contribution in [0.5, 0.6) is 0 Å². The summed E-state index contributed by atoms with van der Waals surface area (Å²) in [6.07, 6.45) is 0. The first-order valence-electron chi connectivity index (χ1n) is 6.09. The van der Waals surface area contributed by atoms with Gasteiger partial charge in [-0.05, 0) is 30.3 Å². The third-order valence-corrected chi connectivity index (χ3v) is 2.73. The lowest BCUT2D eigenvalue weighted by molar-refractivity contribution is 0.0961. The quantitative estimate of drug-likeness (QED) is 0.912. The molecule has 2 N–H and O–H groups in total. The van der Waals surface area contributed by atoms with E-state index in [0.29, 0.717) is 17.3 Å². The number of carbonyl (C=O) groups is 2. The van der Waals surface area contributed by atoms with Crippen molar-refractivity contribution in [1.29, 1.82) is 0 Å². The van der Waals surface area contributed by atoms with Gasteiger partial charge in [-0.3, -0.25) is 9.59 Å². The summed E-state index contributed by atoms with van der Waals surface area (Å²) in [6.45, 7) is 0. The Labute approximate surface area is 119 Å². The van der Waals surface area contributed by atoms with Crippen LogP contribution in [0.2, 0.25) is 0 Å². The average molecular weight is 290 g/mol. The Morgan fingerprint density at radius 3 is 2.19 bits per heavy atom. The van der Waals surface area contributed by atoms with Gasteiger partial charge in [0.2, 0.25) is 0 Å². The van der Waals surface area contributed by atoms with Crippen molar-refractivity contribution in [3.8, 4) is 0 Å². The molecule has 0 unspecified atom stereocenters. The lowest BCUT2D eigenvalue weighted by Crippen LogP contribution is -2.18. The zero-order chi connectivity index (χ0) is 15.4. The topological polar surface area (TPSA) is 58.2 Å². The number of halogens is 2. The first-order chi connectivity index (χ1) is 9.99. The summed E-state index contributed by atoms with van der Waals surface area (Å²) in [5.41, 5.74) is 0.573. The summed E-state index contributed by atoms with van der Waals surface area (Å²) < 4.78 is 26.1. The number of rotatable bonds is 3. The second-order valence-corrected chi connectivity index (χ2v) is 4.27. The molecule has 0 fully saturated rings. The van der Waals surface area contributed by atoms with Crippen molar-refractivity contribution in [2.24, 2.45) is 0 Å². The molecule has 0 aliphatic heterocycles. The van der Waals surface area contributed by atoms with Crippen molar-refractivity contribution in [1.82, 2.24) is 5.32 Å². The molecule has 0 bridgehead atoms. The largest absolute Gasteiger partial charge is 0.355 e. The van der Waals surface area contributed by atoms with E-state index in [1.807, 2.05) is 0 Å². The molecule has 0 aliphatic rings. The van der Waals surface area contributed by atoms with Crippen LogP contribution in [0, 0.1) is 11.6 Å². The Kier molecular flexibility index (Phi) is 4.27. The van der Waals surface area contributed by atoms with E-state index in [4.69, 9.17) is 0 Å².